The molecule has 0 aliphatic heterocycles. The molecule has 0 atom stereocenters. The highest BCUT2D eigenvalue weighted by molar-refractivity contribution is 7.97. The Morgan fingerprint density at radius 3 is 1.65 bits per heavy atom. The van der Waals surface area contributed by atoms with Crippen molar-refractivity contribution in [1.29, 1.82) is 0 Å². The predicted octanol–water partition coefficient (Wildman–Crippen LogP) is 4.35. The van der Waals surface area contributed by atoms with Gasteiger partial charge in [-0.15, -0.1) is 11.6 Å². The molecule has 0 radical (unpaired) electrons. The summed E-state index contributed by atoms with van der Waals surface area (Å²) in [5.74, 6) is 1.88. The van der Waals surface area contributed by atoms with Crippen LogP contribution in [0.3, 0.4) is 0 Å². The first kappa shape index (κ1) is 12.5. The summed E-state index contributed by atoms with van der Waals surface area (Å²) >= 11 is 5.82. The third-order valence-electron chi connectivity index (χ3n) is 2.54. The van der Waals surface area contributed by atoms with Gasteiger partial charge in [0.05, 0.1) is 10.9 Å². The molecule has 0 aromatic heterocycles. The van der Waals surface area contributed by atoms with Gasteiger partial charge >= 0.3 is 0 Å². The van der Waals surface area contributed by atoms with E-state index in [4.69, 9.17) is 11.6 Å². The first-order chi connectivity index (χ1) is 8.42. The number of rotatable bonds is 5. The normalized spacial score (nSPS) is 10.7. The number of hydrogen-bond donors (Lipinski definition) is 0. The van der Waals surface area contributed by atoms with Gasteiger partial charge in [-0.05, 0) is 24.3 Å². The van der Waals surface area contributed by atoms with Gasteiger partial charge in [-0.1, -0.05) is 36.4 Å². The van der Waals surface area contributed by atoms with Crippen LogP contribution >= 0.6 is 11.6 Å². The smallest absolute Gasteiger partial charge is 0.127 e. The molecule has 88 valence electrons. The second kappa shape index (κ2) is 6.73. The maximum atomic E-state index is 5.82. The quantitative estimate of drug-likeness (QED) is 0.556. The van der Waals surface area contributed by atoms with E-state index in [1.807, 2.05) is 0 Å². The van der Waals surface area contributed by atoms with Crippen LogP contribution in [0.1, 0.15) is 6.42 Å². The van der Waals surface area contributed by atoms with E-state index in [2.05, 4.69) is 60.7 Å². The van der Waals surface area contributed by atoms with Crippen molar-refractivity contribution >= 4 is 22.5 Å². The Hall–Kier alpha value is -0.920. The molecule has 0 aliphatic rings. The molecule has 0 unspecified atom stereocenters. The lowest BCUT2D eigenvalue weighted by molar-refractivity contribution is 1.10. The molecule has 0 spiro atoms. The first-order valence-corrected chi connectivity index (χ1v) is 7.71. The molecule has 0 saturated heterocycles. The molecule has 0 heterocycles. The van der Waals surface area contributed by atoms with Crippen LogP contribution in [0, 0.1) is 0 Å². The summed E-state index contributed by atoms with van der Waals surface area (Å²) in [6.45, 7) is 0. The van der Waals surface area contributed by atoms with Gasteiger partial charge in [-0.2, -0.15) is 0 Å². The Morgan fingerprint density at radius 2 is 1.24 bits per heavy atom. The molecule has 0 bridgehead atoms. The minimum Gasteiger partial charge on any atom is -0.127 e. The van der Waals surface area contributed by atoms with E-state index in [-0.39, 0.29) is 10.9 Å². The summed E-state index contributed by atoms with van der Waals surface area (Å²) < 4.78 is 0. The minimum atomic E-state index is 0.164. The largest absolute Gasteiger partial charge is 0.160 e. The van der Waals surface area contributed by atoms with E-state index in [1.165, 1.54) is 9.79 Å². The topological polar surface area (TPSA) is 0 Å². The zero-order valence-corrected chi connectivity index (χ0v) is 11.3. The molecular formula is C15H16ClS+. The molecule has 0 amide bonds. The van der Waals surface area contributed by atoms with Gasteiger partial charge in [-0.3, -0.25) is 0 Å². The third kappa shape index (κ3) is 3.52. The fourth-order valence-corrected chi connectivity index (χ4v) is 4.18. The first-order valence-electron chi connectivity index (χ1n) is 5.79. The second-order valence-corrected chi connectivity index (χ2v) is 6.27. The Bertz CT molecular complexity index is 388. The Kier molecular flexibility index (Phi) is 4.96. The summed E-state index contributed by atoms with van der Waals surface area (Å²) in [6.07, 6.45) is 1.06. The summed E-state index contributed by atoms with van der Waals surface area (Å²) in [7, 11) is 0.164. The van der Waals surface area contributed by atoms with Crippen LogP contribution in [-0.4, -0.2) is 11.6 Å². The van der Waals surface area contributed by atoms with E-state index < -0.39 is 0 Å². The molecular weight excluding hydrogens is 248 g/mol. The van der Waals surface area contributed by atoms with Crippen LogP contribution in [-0.2, 0) is 10.9 Å². The molecule has 2 aromatic carbocycles. The van der Waals surface area contributed by atoms with E-state index in [9.17, 15) is 0 Å². The van der Waals surface area contributed by atoms with Crippen molar-refractivity contribution in [2.24, 2.45) is 0 Å². The minimum absolute atomic E-state index is 0.164. The Morgan fingerprint density at radius 1 is 0.765 bits per heavy atom. The fourth-order valence-electron chi connectivity index (χ4n) is 1.74. The predicted molar refractivity (Wildman–Crippen MR) is 77.0 cm³/mol. The maximum Gasteiger partial charge on any atom is 0.160 e. The lowest BCUT2D eigenvalue weighted by Gasteiger charge is -2.06. The number of hydrogen-bond acceptors (Lipinski definition) is 0. The monoisotopic (exact) mass is 263 g/mol. The highest BCUT2D eigenvalue weighted by Gasteiger charge is 2.23. The van der Waals surface area contributed by atoms with E-state index in [0.717, 1.165) is 18.1 Å². The van der Waals surface area contributed by atoms with Gasteiger partial charge in [0.15, 0.2) is 9.79 Å². The Labute approximate surface area is 111 Å². The lowest BCUT2D eigenvalue weighted by atomic mass is 10.4. The van der Waals surface area contributed by atoms with Crippen molar-refractivity contribution in [1.82, 2.24) is 0 Å². The average Bonchev–Trinajstić information content (AvgIpc) is 2.42. The summed E-state index contributed by atoms with van der Waals surface area (Å²) in [4.78, 5) is 2.81. The van der Waals surface area contributed by atoms with Crippen LogP contribution < -0.4 is 0 Å². The van der Waals surface area contributed by atoms with Crippen molar-refractivity contribution in [3.05, 3.63) is 60.7 Å². The van der Waals surface area contributed by atoms with Crippen LogP contribution in [0.2, 0.25) is 0 Å². The fraction of sp³-hybridized carbons (Fsp3) is 0.200. The molecule has 0 saturated carbocycles. The standard InChI is InChI=1S/C15H16ClS/c16-12-7-13-17(14-8-3-1-4-9-14)15-10-5-2-6-11-15/h1-6,8-11H,7,12-13H2/q+1. The van der Waals surface area contributed by atoms with E-state index in [1.54, 1.807) is 0 Å². The third-order valence-corrected chi connectivity index (χ3v) is 5.18. The van der Waals surface area contributed by atoms with Crippen LogP contribution in [0.5, 0.6) is 0 Å². The zero-order chi connectivity index (χ0) is 11.9. The lowest BCUT2D eigenvalue weighted by Crippen LogP contribution is -2.09. The number of alkyl halides is 1. The van der Waals surface area contributed by atoms with E-state index >= 15 is 0 Å². The zero-order valence-electron chi connectivity index (χ0n) is 9.68. The highest BCUT2D eigenvalue weighted by atomic mass is 35.5. The molecule has 2 aromatic rings. The molecule has 17 heavy (non-hydrogen) atoms. The highest BCUT2D eigenvalue weighted by Crippen LogP contribution is 2.23. The summed E-state index contributed by atoms with van der Waals surface area (Å²) in [5, 5.41) is 0. The molecule has 0 nitrogen and oxygen atoms in total. The van der Waals surface area contributed by atoms with E-state index in [0.29, 0.717) is 0 Å². The van der Waals surface area contributed by atoms with Crippen LogP contribution in [0.25, 0.3) is 0 Å². The van der Waals surface area contributed by atoms with Gasteiger partial charge in [0, 0.05) is 12.3 Å². The summed E-state index contributed by atoms with van der Waals surface area (Å²) in [5.41, 5.74) is 0. The molecule has 0 aliphatic carbocycles. The maximum absolute atomic E-state index is 5.82. The van der Waals surface area contributed by atoms with Gasteiger partial charge in [0.1, 0.15) is 5.75 Å². The molecule has 0 fully saturated rings. The van der Waals surface area contributed by atoms with Crippen molar-refractivity contribution in [3.63, 3.8) is 0 Å². The second-order valence-electron chi connectivity index (χ2n) is 3.76. The SMILES string of the molecule is ClCCC[S+](c1ccccc1)c1ccccc1. The van der Waals surface area contributed by atoms with Gasteiger partial charge in [0.2, 0.25) is 0 Å². The molecule has 0 N–H and O–H groups in total. The number of halogens is 1. The van der Waals surface area contributed by atoms with Crippen molar-refractivity contribution in [2.75, 3.05) is 11.6 Å². The molecule has 2 rings (SSSR count). The van der Waals surface area contributed by atoms with Gasteiger partial charge in [0.25, 0.3) is 0 Å². The van der Waals surface area contributed by atoms with Crippen LogP contribution in [0.4, 0.5) is 0 Å². The average molecular weight is 264 g/mol. The van der Waals surface area contributed by atoms with Crippen molar-refractivity contribution < 1.29 is 0 Å². The number of benzene rings is 2. The Balaban J connectivity index is 2.26. The summed E-state index contributed by atoms with van der Waals surface area (Å²) in [6, 6.07) is 21.4. The molecule has 2 heteroatoms. The van der Waals surface area contributed by atoms with Gasteiger partial charge in [-0.25, -0.2) is 0 Å². The van der Waals surface area contributed by atoms with Gasteiger partial charge < -0.3 is 0 Å². The van der Waals surface area contributed by atoms with Crippen molar-refractivity contribution in [2.45, 2.75) is 16.2 Å². The van der Waals surface area contributed by atoms with Crippen molar-refractivity contribution in [3.8, 4) is 0 Å². The van der Waals surface area contributed by atoms with Crippen LogP contribution in [0.15, 0.2) is 70.5 Å².